The summed E-state index contributed by atoms with van der Waals surface area (Å²) in [5, 5.41) is 12.8. The Balaban J connectivity index is 1.97. The summed E-state index contributed by atoms with van der Waals surface area (Å²) < 4.78 is 0. The lowest BCUT2D eigenvalue weighted by Crippen LogP contribution is -2.46. The van der Waals surface area contributed by atoms with Crippen molar-refractivity contribution in [2.24, 2.45) is 0 Å². The smallest absolute Gasteiger partial charge is 0.0774 e. The molecule has 0 amide bonds. The molecule has 0 atom stereocenters. The normalized spacial score (nSPS) is 19.6. The Morgan fingerprint density at radius 2 is 2.06 bits per heavy atom. The average molecular weight is 267 g/mol. The highest BCUT2D eigenvalue weighted by atomic mass is 32.1. The second-order valence-corrected chi connectivity index (χ2v) is 6.90. The molecule has 0 saturated heterocycles. The van der Waals surface area contributed by atoms with Gasteiger partial charge in [0.1, 0.15) is 0 Å². The Morgan fingerprint density at radius 3 is 2.61 bits per heavy atom. The fourth-order valence-electron chi connectivity index (χ4n) is 2.77. The van der Waals surface area contributed by atoms with Crippen molar-refractivity contribution >= 4 is 11.3 Å². The number of hydrogen-bond acceptors (Lipinski definition) is 3. The molecule has 1 aliphatic rings. The topological polar surface area (TPSA) is 23.5 Å². The van der Waals surface area contributed by atoms with Crippen LogP contribution in [0.5, 0.6) is 0 Å². The van der Waals surface area contributed by atoms with Gasteiger partial charge in [-0.3, -0.25) is 4.90 Å². The van der Waals surface area contributed by atoms with Gasteiger partial charge in [-0.15, -0.1) is 11.3 Å². The van der Waals surface area contributed by atoms with Crippen LogP contribution in [0.3, 0.4) is 0 Å². The minimum atomic E-state index is -0.445. The van der Waals surface area contributed by atoms with E-state index in [-0.39, 0.29) is 0 Å². The molecule has 1 aromatic rings. The highest BCUT2D eigenvalue weighted by Crippen LogP contribution is 2.30. The van der Waals surface area contributed by atoms with Crippen LogP contribution in [-0.4, -0.2) is 28.2 Å². The van der Waals surface area contributed by atoms with Crippen LogP contribution in [0.15, 0.2) is 17.5 Å². The van der Waals surface area contributed by atoms with Crippen molar-refractivity contribution in [1.29, 1.82) is 0 Å². The summed E-state index contributed by atoms with van der Waals surface area (Å²) >= 11 is 1.81. The lowest BCUT2D eigenvalue weighted by Gasteiger charge is -2.38. The molecule has 0 radical (unpaired) electrons. The van der Waals surface area contributed by atoms with Gasteiger partial charge in [0.2, 0.25) is 0 Å². The lowest BCUT2D eigenvalue weighted by molar-refractivity contribution is -0.0349. The number of rotatable bonds is 5. The van der Waals surface area contributed by atoms with Gasteiger partial charge >= 0.3 is 0 Å². The Kier molecular flexibility index (Phi) is 4.82. The molecule has 0 unspecified atom stereocenters. The minimum absolute atomic E-state index is 0.445. The fourth-order valence-corrected chi connectivity index (χ4v) is 3.50. The van der Waals surface area contributed by atoms with Crippen LogP contribution < -0.4 is 0 Å². The van der Waals surface area contributed by atoms with Crippen LogP contribution in [0.4, 0.5) is 0 Å². The van der Waals surface area contributed by atoms with Gasteiger partial charge in [-0.1, -0.05) is 25.3 Å². The van der Waals surface area contributed by atoms with E-state index in [1.165, 1.54) is 24.1 Å². The van der Waals surface area contributed by atoms with E-state index in [2.05, 4.69) is 36.3 Å². The number of aliphatic hydroxyl groups is 1. The summed E-state index contributed by atoms with van der Waals surface area (Å²) in [6.07, 6.45) is 5.60. The molecule has 2 nitrogen and oxygen atoms in total. The van der Waals surface area contributed by atoms with Gasteiger partial charge in [-0.05, 0) is 38.1 Å². The summed E-state index contributed by atoms with van der Waals surface area (Å²) in [6, 6.07) is 4.77. The van der Waals surface area contributed by atoms with Crippen molar-refractivity contribution in [3.63, 3.8) is 0 Å². The maximum Gasteiger partial charge on any atom is 0.0774 e. The first kappa shape index (κ1) is 14.0. The third kappa shape index (κ3) is 3.81. The van der Waals surface area contributed by atoms with E-state index in [1.54, 1.807) is 11.3 Å². The van der Waals surface area contributed by atoms with Gasteiger partial charge in [0, 0.05) is 24.0 Å². The van der Waals surface area contributed by atoms with Crippen LogP contribution in [0.1, 0.15) is 50.8 Å². The van der Waals surface area contributed by atoms with E-state index < -0.39 is 5.60 Å². The molecule has 0 bridgehead atoms. The van der Waals surface area contributed by atoms with Crippen molar-refractivity contribution < 1.29 is 5.11 Å². The molecule has 0 aliphatic heterocycles. The van der Waals surface area contributed by atoms with Crippen LogP contribution in [0.2, 0.25) is 0 Å². The monoisotopic (exact) mass is 267 g/mol. The van der Waals surface area contributed by atoms with Crippen LogP contribution in [0, 0.1) is 0 Å². The lowest BCUT2D eigenvalue weighted by atomic mass is 9.84. The van der Waals surface area contributed by atoms with Gasteiger partial charge in [0.05, 0.1) is 5.60 Å². The zero-order valence-corrected chi connectivity index (χ0v) is 12.4. The van der Waals surface area contributed by atoms with E-state index >= 15 is 0 Å². The van der Waals surface area contributed by atoms with Gasteiger partial charge in [-0.25, -0.2) is 0 Å². The van der Waals surface area contributed by atoms with E-state index in [4.69, 9.17) is 0 Å². The second kappa shape index (κ2) is 6.18. The van der Waals surface area contributed by atoms with Crippen molar-refractivity contribution in [3.05, 3.63) is 22.4 Å². The van der Waals surface area contributed by atoms with E-state index in [0.29, 0.717) is 6.04 Å². The first-order chi connectivity index (χ1) is 8.59. The molecule has 2 rings (SSSR count). The molecule has 1 N–H and O–H groups in total. The Labute approximate surface area is 115 Å². The van der Waals surface area contributed by atoms with Crippen LogP contribution >= 0.6 is 11.3 Å². The highest BCUT2D eigenvalue weighted by molar-refractivity contribution is 7.09. The number of hydrogen-bond donors (Lipinski definition) is 1. The molecule has 1 aromatic heterocycles. The quantitative estimate of drug-likeness (QED) is 0.880. The zero-order chi connectivity index (χ0) is 13.0. The van der Waals surface area contributed by atoms with Gasteiger partial charge < -0.3 is 5.11 Å². The molecule has 1 heterocycles. The number of thiophene rings is 1. The molecule has 0 spiro atoms. The standard InChI is InChI=1S/C15H25NOS/c1-13(2)16(11-14-7-6-10-18-14)12-15(17)8-4-3-5-9-15/h6-7,10,13,17H,3-5,8-9,11-12H2,1-2H3. The van der Waals surface area contributed by atoms with Crippen molar-refractivity contribution in [3.8, 4) is 0 Å². The highest BCUT2D eigenvalue weighted by Gasteiger charge is 2.32. The van der Waals surface area contributed by atoms with Crippen LogP contribution in [0.25, 0.3) is 0 Å². The van der Waals surface area contributed by atoms with Crippen molar-refractivity contribution in [1.82, 2.24) is 4.90 Å². The largest absolute Gasteiger partial charge is 0.389 e. The predicted molar refractivity (Wildman–Crippen MR) is 77.9 cm³/mol. The third-order valence-electron chi connectivity index (χ3n) is 3.95. The van der Waals surface area contributed by atoms with E-state index in [1.807, 2.05) is 0 Å². The maximum absolute atomic E-state index is 10.7. The average Bonchev–Trinajstić information content (AvgIpc) is 2.81. The molecule has 102 valence electrons. The molecule has 1 saturated carbocycles. The first-order valence-electron chi connectivity index (χ1n) is 7.08. The SMILES string of the molecule is CC(C)N(Cc1cccs1)CC1(O)CCCCC1. The van der Waals surface area contributed by atoms with Gasteiger partial charge in [-0.2, -0.15) is 0 Å². The molecular formula is C15H25NOS. The molecule has 1 fully saturated rings. The van der Waals surface area contributed by atoms with Gasteiger partial charge in [0.25, 0.3) is 0 Å². The third-order valence-corrected chi connectivity index (χ3v) is 4.81. The second-order valence-electron chi connectivity index (χ2n) is 5.86. The summed E-state index contributed by atoms with van der Waals surface area (Å²) in [5.74, 6) is 0. The summed E-state index contributed by atoms with van der Waals surface area (Å²) in [6.45, 7) is 6.24. The Morgan fingerprint density at radius 1 is 1.33 bits per heavy atom. The van der Waals surface area contributed by atoms with E-state index in [0.717, 1.165) is 25.9 Å². The summed E-state index contributed by atoms with van der Waals surface area (Å²) in [4.78, 5) is 3.81. The maximum atomic E-state index is 10.7. The Bertz CT molecular complexity index is 341. The first-order valence-corrected chi connectivity index (χ1v) is 7.96. The molecular weight excluding hydrogens is 242 g/mol. The number of nitrogens with zero attached hydrogens (tertiary/aromatic N) is 1. The Hall–Kier alpha value is -0.380. The predicted octanol–water partition coefficient (Wildman–Crippen LogP) is 3.65. The van der Waals surface area contributed by atoms with Crippen LogP contribution in [-0.2, 0) is 6.54 Å². The molecule has 0 aromatic carbocycles. The fraction of sp³-hybridized carbons (Fsp3) is 0.733. The van der Waals surface area contributed by atoms with Crippen molar-refractivity contribution in [2.45, 2.75) is 64.1 Å². The summed E-state index contributed by atoms with van der Waals surface area (Å²) in [5.41, 5.74) is -0.445. The summed E-state index contributed by atoms with van der Waals surface area (Å²) in [7, 11) is 0. The van der Waals surface area contributed by atoms with Crippen molar-refractivity contribution in [2.75, 3.05) is 6.54 Å². The molecule has 3 heteroatoms. The van der Waals surface area contributed by atoms with Gasteiger partial charge in [0.15, 0.2) is 0 Å². The molecule has 1 aliphatic carbocycles. The zero-order valence-electron chi connectivity index (χ0n) is 11.6. The van der Waals surface area contributed by atoms with E-state index in [9.17, 15) is 5.11 Å². The minimum Gasteiger partial charge on any atom is -0.389 e. The molecule has 18 heavy (non-hydrogen) atoms.